The van der Waals surface area contributed by atoms with Gasteiger partial charge in [-0.2, -0.15) is 0 Å². The van der Waals surface area contributed by atoms with Gasteiger partial charge in [-0.05, 0) is 50.7 Å². The first-order valence-corrected chi connectivity index (χ1v) is 5.17. The standard InChI is InChI=1S/C12H18O/c1-3-11(4-2)12(13)9-10-7-5-6-8-10/h3,9H,4-8H2,1-2H3/b11-3-. The molecule has 0 heterocycles. The third kappa shape index (κ3) is 2.83. The average molecular weight is 178 g/mol. The minimum Gasteiger partial charge on any atom is -0.290 e. The zero-order valence-electron chi connectivity index (χ0n) is 8.60. The van der Waals surface area contributed by atoms with Gasteiger partial charge in [-0.25, -0.2) is 0 Å². The fourth-order valence-electron chi connectivity index (χ4n) is 1.77. The number of rotatable bonds is 3. The summed E-state index contributed by atoms with van der Waals surface area (Å²) >= 11 is 0. The van der Waals surface area contributed by atoms with Crippen molar-refractivity contribution in [3.8, 4) is 0 Å². The van der Waals surface area contributed by atoms with Crippen LogP contribution in [0.3, 0.4) is 0 Å². The molecule has 72 valence electrons. The molecule has 1 nitrogen and oxygen atoms in total. The fourth-order valence-corrected chi connectivity index (χ4v) is 1.77. The predicted molar refractivity (Wildman–Crippen MR) is 55.6 cm³/mol. The van der Waals surface area contributed by atoms with Gasteiger partial charge in [0.25, 0.3) is 0 Å². The first kappa shape index (κ1) is 10.2. The third-order valence-electron chi connectivity index (χ3n) is 2.63. The van der Waals surface area contributed by atoms with Gasteiger partial charge in [0.15, 0.2) is 5.78 Å². The van der Waals surface area contributed by atoms with Crippen molar-refractivity contribution in [2.45, 2.75) is 46.0 Å². The van der Waals surface area contributed by atoms with Crippen molar-refractivity contribution in [1.82, 2.24) is 0 Å². The molecule has 1 saturated carbocycles. The molecule has 0 aromatic heterocycles. The van der Waals surface area contributed by atoms with E-state index < -0.39 is 0 Å². The Hall–Kier alpha value is -0.850. The van der Waals surface area contributed by atoms with Crippen LogP contribution in [0.2, 0.25) is 0 Å². The molecule has 0 radical (unpaired) electrons. The summed E-state index contributed by atoms with van der Waals surface area (Å²) in [4.78, 5) is 11.6. The third-order valence-corrected chi connectivity index (χ3v) is 2.63. The number of allylic oxidation sites excluding steroid dienone is 4. The second-order valence-electron chi connectivity index (χ2n) is 3.54. The lowest BCUT2D eigenvalue weighted by Gasteiger charge is -1.99. The van der Waals surface area contributed by atoms with E-state index in [1.54, 1.807) is 0 Å². The molecular weight excluding hydrogens is 160 g/mol. The zero-order valence-corrected chi connectivity index (χ0v) is 8.60. The molecule has 0 saturated heterocycles. The Morgan fingerprint density at radius 3 is 2.46 bits per heavy atom. The monoisotopic (exact) mass is 178 g/mol. The molecule has 1 heteroatoms. The molecule has 0 atom stereocenters. The second-order valence-corrected chi connectivity index (χ2v) is 3.54. The molecule has 0 aliphatic heterocycles. The highest BCUT2D eigenvalue weighted by Gasteiger charge is 2.09. The smallest absolute Gasteiger partial charge is 0.181 e. The minimum absolute atomic E-state index is 0.224. The summed E-state index contributed by atoms with van der Waals surface area (Å²) in [6.45, 7) is 3.96. The Morgan fingerprint density at radius 2 is 2.00 bits per heavy atom. The lowest BCUT2D eigenvalue weighted by molar-refractivity contribution is -0.111. The van der Waals surface area contributed by atoms with Crippen LogP contribution in [0.15, 0.2) is 23.3 Å². The van der Waals surface area contributed by atoms with Crippen LogP contribution in [0.1, 0.15) is 46.0 Å². The van der Waals surface area contributed by atoms with E-state index in [2.05, 4.69) is 0 Å². The Kier molecular flexibility index (Phi) is 3.94. The highest BCUT2D eigenvalue weighted by molar-refractivity contribution is 6.04. The van der Waals surface area contributed by atoms with Gasteiger partial charge in [-0.3, -0.25) is 4.79 Å². The highest BCUT2D eigenvalue weighted by Crippen LogP contribution is 2.24. The van der Waals surface area contributed by atoms with Gasteiger partial charge in [0.1, 0.15) is 0 Å². The largest absolute Gasteiger partial charge is 0.290 e. The van der Waals surface area contributed by atoms with Crippen LogP contribution >= 0.6 is 0 Å². The molecule has 1 aliphatic carbocycles. The van der Waals surface area contributed by atoms with Crippen molar-refractivity contribution in [3.05, 3.63) is 23.3 Å². The predicted octanol–water partition coefficient (Wildman–Crippen LogP) is 3.41. The van der Waals surface area contributed by atoms with Gasteiger partial charge < -0.3 is 0 Å². The van der Waals surface area contributed by atoms with Crippen LogP contribution < -0.4 is 0 Å². The quantitative estimate of drug-likeness (QED) is 0.605. The van der Waals surface area contributed by atoms with Gasteiger partial charge in [0.05, 0.1) is 0 Å². The van der Waals surface area contributed by atoms with Crippen LogP contribution in [0, 0.1) is 0 Å². The van der Waals surface area contributed by atoms with Crippen molar-refractivity contribution in [1.29, 1.82) is 0 Å². The molecular formula is C12H18O. The SMILES string of the molecule is C/C=C(/CC)C(=O)C=C1CCCC1. The van der Waals surface area contributed by atoms with Crippen molar-refractivity contribution in [2.24, 2.45) is 0 Å². The number of carbonyl (C=O) groups excluding carboxylic acids is 1. The molecule has 1 rings (SSSR count). The summed E-state index contributed by atoms with van der Waals surface area (Å²) in [6.07, 6.45) is 9.41. The van der Waals surface area contributed by atoms with E-state index in [0.29, 0.717) is 0 Å². The van der Waals surface area contributed by atoms with Crippen LogP contribution in [0.25, 0.3) is 0 Å². The Morgan fingerprint density at radius 1 is 1.38 bits per heavy atom. The van der Waals surface area contributed by atoms with Crippen molar-refractivity contribution >= 4 is 5.78 Å². The van der Waals surface area contributed by atoms with E-state index in [-0.39, 0.29) is 5.78 Å². The summed E-state index contributed by atoms with van der Waals surface area (Å²) in [5.41, 5.74) is 2.29. The normalized spacial score (nSPS) is 17.7. The van der Waals surface area contributed by atoms with Crippen LogP contribution in [-0.4, -0.2) is 5.78 Å². The first-order chi connectivity index (χ1) is 6.27. The summed E-state index contributed by atoms with van der Waals surface area (Å²) in [5.74, 6) is 0.224. The van der Waals surface area contributed by atoms with E-state index in [1.807, 2.05) is 26.0 Å². The van der Waals surface area contributed by atoms with E-state index in [0.717, 1.165) is 24.8 Å². The Bertz CT molecular complexity index is 238. The number of hydrogen-bond acceptors (Lipinski definition) is 1. The summed E-state index contributed by atoms with van der Waals surface area (Å²) in [7, 11) is 0. The van der Waals surface area contributed by atoms with E-state index in [9.17, 15) is 4.79 Å². The molecule has 0 aromatic carbocycles. The lowest BCUT2D eigenvalue weighted by atomic mass is 10.1. The molecule has 0 bridgehead atoms. The zero-order chi connectivity index (χ0) is 9.68. The number of ketones is 1. The molecule has 1 aliphatic rings. The Labute approximate surface area is 80.5 Å². The maximum absolute atomic E-state index is 11.6. The van der Waals surface area contributed by atoms with Gasteiger partial charge >= 0.3 is 0 Å². The average Bonchev–Trinajstić information content (AvgIpc) is 2.59. The van der Waals surface area contributed by atoms with Gasteiger partial charge in [-0.15, -0.1) is 0 Å². The molecule has 0 aromatic rings. The summed E-state index contributed by atoms with van der Waals surface area (Å²) in [5, 5.41) is 0. The van der Waals surface area contributed by atoms with Gasteiger partial charge in [0.2, 0.25) is 0 Å². The molecule has 0 N–H and O–H groups in total. The highest BCUT2D eigenvalue weighted by atomic mass is 16.1. The van der Waals surface area contributed by atoms with Crippen LogP contribution in [0.5, 0.6) is 0 Å². The summed E-state index contributed by atoms with van der Waals surface area (Å²) in [6, 6.07) is 0. The van der Waals surface area contributed by atoms with Crippen molar-refractivity contribution < 1.29 is 4.79 Å². The van der Waals surface area contributed by atoms with Crippen LogP contribution in [-0.2, 0) is 4.79 Å². The number of carbonyl (C=O) groups is 1. The molecule has 1 fully saturated rings. The van der Waals surface area contributed by atoms with E-state index in [1.165, 1.54) is 18.4 Å². The first-order valence-electron chi connectivity index (χ1n) is 5.17. The second kappa shape index (κ2) is 5.00. The van der Waals surface area contributed by atoms with E-state index >= 15 is 0 Å². The molecule has 0 spiro atoms. The van der Waals surface area contributed by atoms with Gasteiger partial charge in [0, 0.05) is 0 Å². The topological polar surface area (TPSA) is 17.1 Å². The van der Waals surface area contributed by atoms with Gasteiger partial charge in [-0.1, -0.05) is 18.6 Å². The number of hydrogen-bond donors (Lipinski definition) is 0. The summed E-state index contributed by atoms with van der Waals surface area (Å²) < 4.78 is 0. The van der Waals surface area contributed by atoms with Crippen molar-refractivity contribution in [3.63, 3.8) is 0 Å². The van der Waals surface area contributed by atoms with E-state index in [4.69, 9.17) is 0 Å². The lowest BCUT2D eigenvalue weighted by Crippen LogP contribution is -1.98. The maximum atomic E-state index is 11.6. The maximum Gasteiger partial charge on any atom is 0.181 e. The van der Waals surface area contributed by atoms with Crippen LogP contribution in [0.4, 0.5) is 0 Å². The fraction of sp³-hybridized carbons (Fsp3) is 0.583. The molecule has 0 amide bonds. The molecule has 13 heavy (non-hydrogen) atoms. The molecule has 0 unspecified atom stereocenters. The van der Waals surface area contributed by atoms with Crippen molar-refractivity contribution in [2.75, 3.05) is 0 Å². The minimum atomic E-state index is 0.224. The Balaban J connectivity index is 2.62.